The lowest BCUT2D eigenvalue weighted by molar-refractivity contribution is 0.0482. The Hall–Kier alpha value is -0.900. The third-order valence-corrected chi connectivity index (χ3v) is 5.73. The van der Waals surface area contributed by atoms with Gasteiger partial charge < -0.3 is 14.8 Å². The van der Waals surface area contributed by atoms with Crippen molar-refractivity contribution in [1.29, 1.82) is 0 Å². The summed E-state index contributed by atoms with van der Waals surface area (Å²) in [7, 11) is -3.49. The molecule has 8 nitrogen and oxygen atoms in total. The third-order valence-electron chi connectivity index (χ3n) is 3.73. The van der Waals surface area contributed by atoms with Crippen molar-refractivity contribution < 1.29 is 22.7 Å². The number of hydrogen-bond donors (Lipinski definition) is 1. The molecule has 0 spiro atoms. The SMILES string of the molecule is CC(C)(C)OC(=O)NC1CCCN(S(=O)(=O)N2CCOCC2)C1. The summed E-state index contributed by atoms with van der Waals surface area (Å²) in [5, 5.41) is 2.77. The summed E-state index contributed by atoms with van der Waals surface area (Å²) >= 11 is 0. The maximum atomic E-state index is 12.7. The Bertz CT molecular complexity index is 511. The first kappa shape index (κ1) is 18.4. The number of nitrogens with one attached hydrogen (secondary N) is 1. The smallest absolute Gasteiger partial charge is 0.407 e. The number of carbonyl (C=O) groups is 1. The molecule has 2 rings (SSSR count). The average Bonchev–Trinajstić information content (AvgIpc) is 2.46. The van der Waals surface area contributed by atoms with Crippen LogP contribution in [-0.4, -0.2) is 74.2 Å². The lowest BCUT2D eigenvalue weighted by atomic mass is 10.1. The van der Waals surface area contributed by atoms with Gasteiger partial charge in [-0.1, -0.05) is 0 Å². The molecule has 1 amide bonds. The van der Waals surface area contributed by atoms with Crippen LogP contribution in [0.5, 0.6) is 0 Å². The van der Waals surface area contributed by atoms with Gasteiger partial charge in [0, 0.05) is 32.2 Å². The zero-order valence-electron chi connectivity index (χ0n) is 14.1. The van der Waals surface area contributed by atoms with E-state index in [1.807, 2.05) is 0 Å². The number of morpholine rings is 1. The predicted molar refractivity (Wildman–Crippen MR) is 85.3 cm³/mol. The molecule has 2 aliphatic heterocycles. The molecule has 23 heavy (non-hydrogen) atoms. The number of nitrogens with zero attached hydrogens (tertiary/aromatic N) is 2. The summed E-state index contributed by atoms with van der Waals surface area (Å²) < 4.78 is 38.6. The number of carbonyl (C=O) groups excluding carboxylic acids is 1. The van der Waals surface area contributed by atoms with Crippen LogP contribution >= 0.6 is 0 Å². The molecule has 2 saturated heterocycles. The highest BCUT2D eigenvalue weighted by Crippen LogP contribution is 2.18. The van der Waals surface area contributed by atoms with Crippen molar-refractivity contribution in [2.45, 2.75) is 45.3 Å². The van der Waals surface area contributed by atoms with Crippen molar-refractivity contribution in [1.82, 2.24) is 13.9 Å². The maximum absolute atomic E-state index is 12.7. The number of piperidine rings is 1. The zero-order chi connectivity index (χ0) is 17.1. The van der Waals surface area contributed by atoms with Crippen LogP contribution in [0.15, 0.2) is 0 Å². The molecule has 1 N–H and O–H groups in total. The van der Waals surface area contributed by atoms with Gasteiger partial charge in [0.25, 0.3) is 10.2 Å². The second-order valence-corrected chi connectivity index (χ2v) is 8.79. The molecular formula is C14H27N3O5S. The van der Waals surface area contributed by atoms with Gasteiger partial charge in [0.15, 0.2) is 0 Å². The van der Waals surface area contributed by atoms with Gasteiger partial charge >= 0.3 is 6.09 Å². The van der Waals surface area contributed by atoms with Gasteiger partial charge in [0.05, 0.1) is 13.2 Å². The molecule has 0 aromatic carbocycles. The molecule has 134 valence electrons. The Morgan fingerprint density at radius 3 is 2.43 bits per heavy atom. The topological polar surface area (TPSA) is 88.2 Å². The fourth-order valence-electron chi connectivity index (χ4n) is 2.68. The number of rotatable bonds is 3. The van der Waals surface area contributed by atoms with E-state index >= 15 is 0 Å². The van der Waals surface area contributed by atoms with E-state index in [9.17, 15) is 13.2 Å². The minimum Gasteiger partial charge on any atom is -0.444 e. The van der Waals surface area contributed by atoms with Crippen LogP contribution in [-0.2, 0) is 19.7 Å². The van der Waals surface area contributed by atoms with Crippen molar-refractivity contribution in [2.75, 3.05) is 39.4 Å². The van der Waals surface area contributed by atoms with Crippen LogP contribution in [0.2, 0.25) is 0 Å². The summed E-state index contributed by atoms with van der Waals surface area (Å²) in [5.74, 6) is 0. The summed E-state index contributed by atoms with van der Waals surface area (Å²) in [6, 6.07) is -0.227. The predicted octanol–water partition coefficient (Wildman–Crippen LogP) is 0.553. The molecule has 1 unspecified atom stereocenters. The van der Waals surface area contributed by atoms with Crippen LogP contribution in [0.1, 0.15) is 33.6 Å². The highest BCUT2D eigenvalue weighted by atomic mass is 32.2. The Morgan fingerprint density at radius 2 is 1.83 bits per heavy atom. The van der Waals surface area contributed by atoms with Gasteiger partial charge in [-0.05, 0) is 33.6 Å². The Morgan fingerprint density at radius 1 is 1.17 bits per heavy atom. The van der Waals surface area contributed by atoms with Crippen molar-refractivity contribution in [3.05, 3.63) is 0 Å². The largest absolute Gasteiger partial charge is 0.444 e. The monoisotopic (exact) mass is 349 g/mol. The first-order chi connectivity index (χ1) is 10.7. The number of hydrogen-bond acceptors (Lipinski definition) is 5. The van der Waals surface area contributed by atoms with Gasteiger partial charge in [0.1, 0.15) is 5.60 Å². The zero-order valence-corrected chi connectivity index (χ0v) is 14.9. The van der Waals surface area contributed by atoms with E-state index in [0.29, 0.717) is 39.3 Å². The second-order valence-electron chi connectivity index (χ2n) is 6.86. The molecule has 9 heteroatoms. The summed E-state index contributed by atoms with van der Waals surface area (Å²) in [6.07, 6.45) is 0.950. The first-order valence-corrected chi connectivity index (χ1v) is 9.41. The molecule has 2 aliphatic rings. The van der Waals surface area contributed by atoms with E-state index in [2.05, 4.69) is 5.32 Å². The van der Waals surface area contributed by atoms with E-state index in [1.165, 1.54) is 8.61 Å². The molecule has 1 atom stereocenters. The standard InChI is InChI=1S/C14H27N3O5S/c1-14(2,3)22-13(18)15-12-5-4-6-17(11-12)23(19,20)16-7-9-21-10-8-16/h12H,4-11H2,1-3H3,(H,15,18). The van der Waals surface area contributed by atoms with Crippen molar-refractivity contribution in [3.8, 4) is 0 Å². The minimum atomic E-state index is -3.49. The summed E-state index contributed by atoms with van der Waals surface area (Å²) in [5.41, 5.74) is -0.571. The fraction of sp³-hybridized carbons (Fsp3) is 0.929. The average molecular weight is 349 g/mol. The quantitative estimate of drug-likeness (QED) is 0.804. The Kier molecular flexibility index (Phi) is 5.88. The van der Waals surface area contributed by atoms with Crippen LogP contribution in [0, 0.1) is 0 Å². The molecule has 0 radical (unpaired) electrons. The summed E-state index contributed by atoms with van der Waals surface area (Å²) in [4.78, 5) is 11.9. The lowest BCUT2D eigenvalue weighted by Gasteiger charge is -2.37. The van der Waals surface area contributed by atoms with E-state index in [-0.39, 0.29) is 12.6 Å². The highest BCUT2D eigenvalue weighted by molar-refractivity contribution is 7.86. The third kappa shape index (κ3) is 5.30. The van der Waals surface area contributed by atoms with Crippen molar-refractivity contribution in [2.24, 2.45) is 0 Å². The minimum absolute atomic E-state index is 0.227. The van der Waals surface area contributed by atoms with Crippen LogP contribution in [0.4, 0.5) is 4.79 Å². The molecule has 2 fully saturated rings. The van der Waals surface area contributed by atoms with Crippen molar-refractivity contribution in [3.63, 3.8) is 0 Å². The van der Waals surface area contributed by atoms with E-state index in [4.69, 9.17) is 9.47 Å². The molecule has 2 heterocycles. The van der Waals surface area contributed by atoms with Gasteiger partial charge in [0.2, 0.25) is 0 Å². The Labute approximate surface area is 138 Å². The van der Waals surface area contributed by atoms with E-state index < -0.39 is 21.9 Å². The maximum Gasteiger partial charge on any atom is 0.407 e. The fourth-order valence-corrected chi connectivity index (χ4v) is 4.35. The van der Waals surface area contributed by atoms with Crippen molar-refractivity contribution >= 4 is 16.3 Å². The van der Waals surface area contributed by atoms with E-state index in [1.54, 1.807) is 20.8 Å². The van der Waals surface area contributed by atoms with Gasteiger partial charge in [-0.25, -0.2) is 4.79 Å². The van der Waals surface area contributed by atoms with E-state index in [0.717, 1.165) is 6.42 Å². The molecule has 0 aromatic rings. The highest BCUT2D eigenvalue weighted by Gasteiger charge is 2.35. The summed E-state index contributed by atoms with van der Waals surface area (Å²) in [6.45, 7) is 7.74. The molecular weight excluding hydrogens is 322 g/mol. The lowest BCUT2D eigenvalue weighted by Crippen LogP contribution is -2.55. The van der Waals surface area contributed by atoms with Gasteiger partial charge in [-0.3, -0.25) is 0 Å². The van der Waals surface area contributed by atoms with Gasteiger partial charge in [-0.15, -0.1) is 0 Å². The molecule has 0 aliphatic carbocycles. The first-order valence-electron chi connectivity index (χ1n) is 8.01. The van der Waals surface area contributed by atoms with Crippen LogP contribution in [0.3, 0.4) is 0 Å². The van der Waals surface area contributed by atoms with Crippen LogP contribution < -0.4 is 5.32 Å². The van der Waals surface area contributed by atoms with Crippen LogP contribution in [0.25, 0.3) is 0 Å². The van der Waals surface area contributed by atoms with Gasteiger partial charge in [-0.2, -0.15) is 17.0 Å². The number of ether oxygens (including phenoxy) is 2. The Balaban J connectivity index is 1.93. The number of alkyl carbamates (subject to hydrolysis) is 1. The molecule has 0 saturated carbocycles. The normalized spacial score (nSPS) is 25.1. The number of amides is 1. The molecule has 0 aromatic heterocycles. The second kappa shape index (κ2) is 7.33. The molecule has 0 bridgehead atoms.